The lowest BCUT2D eigenvalue weighted by Gasteiger charge is -2.43. The van der Waals surface area contributed by atoms with E-state index in [4.69, 9.17) is 13.9 Å². The number of carbonyl (C=O) groups excluding carboxylic acids is 4. The Balaban J connectivity index is 1.32. The molecule has 2 bridgehead atoms. The lowest BCUT2D eigenvalue weighted by molar-refractivity contribution is -0.147. The van der Waals surface area contributed by atoms with E-state index in [-0.39, 0.29) is 30.6 Å². The van der Waals surface area contributed by atoms with Crippen molar-refractivity contribution in [2.75, 3.05) is 11.9 Å². The topological polar surface area (TPSA) is 115 Å². The first-order valence-corrected chi connectivity index (χ1v) is 12.2. The Hall–Kier alpha value is -3.72. The fraction of sp³-hybridized carbons (Fsp3) is 0.407. The van der Waals surface area contributed by atoms with Crippen LogP contribution < -0.4 is 5.32 Å². The van der Waals surface area contributed by atoms with Gasteiger partial charge in [-0.3, -0.25) is 14.4 Å². The predicted molar refractivity (Wildman–Crippen MR) is 126 cm³/mol. The molecule has 1 aromatic heterocycles. The number of furan rings is 1. The molecule has 186 valence electrons. The van der Waals surface area contributed by atoms with Crippen LogP contribution >= 0.6 is 0 Å². The zero-order valence-electron chi connectivity index (χ0n) is 19.9. The minimum Gasteiger partial charge on any atom is -0.467 e. The fourth-order valence-electron chi connectivity index (χ4n) is 6.43. The molecule has 36 heavy (non-hydrogen) atoms. The standard InChI is InChI=1S/C27H26N2O7/c1-3-34-26(33)15-6-4-7-16(12-15)28-24(31)21-20-9-10-27(36-20)22(21)25(32)29-17(19-8-5-11-35-19)13-18(30)14(2)23(27)29/h4-12,14,17,20-23H,3,13H2,1-2H3,(H,28,31)/t14-,17+,20-,21-,22+,23-,27+/m1/s1. The van der Waals surface area contributed by atoms with Crippen molar-refractivity contribution in [1.29, 1.82) is 0 Å². The molecule has 3 saturated heterocycles. The molecule has 0 unspecified atom stereocenters. The number of piperidine rings is 1. The number of anilines is 1. The second kappa shape index (κ2) is 8.16. The maximum Gasteiger partial charge on any atom is 0.338 e. The van der Waals surface area contributed by atoms with E-state index in [1.807, 2.05) is 19.1 Å². The van der Waals surface area contributed by atoms with E-state index in [1.54, 1.807) is 48.2 Å². The van der Waals surface area contributed by atoms with Gasteiger partial charge in [0.25, 0.3) is 0 Å². The summed E-state index contributed by atoms with van der Waals surface area (Å²) in [4.78, 5) is 54.4. The van der Waals surface area contributed by atoms with E-state index in [0.717, 1.165) is 0 Å². The third-order valence-electron chi connectivity index (χ3n) is 7.90. The summed E-state index contributed by atoms with van der Waals surface area (Å²) < 4.78 is 17.0. The summed E-state index contributed by atoms with van der Waals surface area (Å²) in [6.45, 7) is 3.78. The van der Waals surface area contributed by atoms with Gasteiger partial charge in [-0.1, -0.05) is 25.1 Å². The van der Waals surface area contributed by atoms with Crippen LogP contribution in [-0.4, -0.2) is 52.8 Å². The summed E-state index contributed by atoms with van der Waals surface area (Å²) >= 11 is 0. The van der Waals surface area contributed by atoms with E-state index in [0.29, 0.717) is 17.0 Å². The normalized spacial score (nSPS) is 34.0. The number of nitrogens with zero attached hydrogens (tertiary/aromatic N) is 1. The molecule has 7 atom stereocenters. The number of ketones is 1. The molecule has 9 nitrogen and oxygen atoms in total. The summed E-state index contributed by atoms with van der Waals surface area (Å²) in [5, 5.41) is 2.86. The first-order valence-electron chi connectivity index (χ1n) is 12.2. The quantitative estimate of drug-likeness (QED) is 0.506. The molecule has 3 fully saturated rings. The van der Waals surface area contributed by atoms with Crippen LogP contribution in [0.2, 0.25) is 0 Å². The van der Waals surface area contributed by atoms with Crippen molar-refractivity contribution in [3.05, 3.63) is 66.1 Å². The highest BCUT2D eigenvalue weighted by Crippen LogP contribution is 2.60. The number of nitrogens with one attached hydrogen (secondary N) is 1. The van der Waals surface area contributed by atoms with Gasteiger partial charge in [-0.25, -0.2) is 4.79 Å². The van der Waals surface area contributed by atoms with E-state index in [9.17, 15) is 19.2 Å². The van der Waals surface area contributed by atoms with Crippen LogP contribution in [0.1, 0.15) is 42.4 Å². The Kier molecular flexibility index (Phi) is 5.15. The zero-order chi connectivity index (χ0) is 25.2. The number of amides is 2. The van der Waals surface area contributed by atoms with Crippen molar-refractivity contribution in [3.63, 3.8) is 0 Å². The van der Waals surface area contributed by atoms with E-state index >= 15 is 0 Å². The summed E-state index contributed by atoms with van der Waals surface area (Å²) in [6, 6.07) is 8.91. The van der Waals surface area contributed by atoms with Gasteiger partial charge in [-0.05, 0) is 37.3 Å². The predicted octanol–water partition coefficient (Wildman–Crippen LogP) is 2.90. The Bertz CT molecular complexity index is 1280. The number of carbonyl (C=O) groups is 4. The van der Waals surface area contributed by atoms with Gasteiger partial charge < -0.3 is 24.1 Å². The molecule has 1 spiro atoms. The van der Waals surface area contributed by atoms with Crippen LogP contribution in [0, 0.1) is 17.8 Å². The third-order valence-corrected chi connectivity index (χ3v) is 7.90. The monoisotopic (exact) mass is 490 g/mol. The molecule has 1 aromatic carbocycles. The smallest absolute Gasteiger partial charge is 0.338 e. The highest BCUT2D eigenvalue weighted by molar-refractivity contribution is 6.01. The maximum absolute atomic E-state index is 14.0. The van der Waals surface area contributed by atoms with E-state index in [2.05, 4.69) is 5.32 Å². The second-order valence-electron chi connectivity index (χ2n) is 9.77. The number of esters is 1. The Labute approximate surface area is 207 Å². The van der Waals surface area contributed by atoms with Gasteiger partial charge in [0.2, 0.25) is 11.8 Å². The first kappa shape index (κ1) is 22.7. The number of ether oxygens (including phenoxy) is 2. The molecule has 2 amide bonds. The van der Waals surface area contributed by atoms with Gasteiger partial charge in [0.05, 0.1) is 48.5 Å². The molecule has 0 saturated carbocycles. The average Bonchev–Trinajstić information content (AvgIpc) is 3.64. The van der Waals surface area contributed by atoms with Gasteiger partial charge in [-0.2, -0.15) is 0 Å². The van der Waals surface area contributed by atoms with Crippen molar-refractivity contribution < 1.29 is 33.1 Å². The lowest BCUT2D eigenvalue weighted by Crippen LogP contribution is -2.55. The number of hydrogen-bond acceptors (Lipinski definition) is 7. The molecule has 1 N–H and O–H groups in total. The van der Waals surface area contributed by atoms with Crippen LogP contribution in [-0.2, 0) is 23.9 Å². The van der Waals surface area contributed by atoms with Crippen molar-refractivity contribution >= 4 is 29.3 Å². The average molecular weight is 491 g/mol. The lowest BCUT2D eigenvalue weighted by atomic mass is 9.70. The molecule has 5 heterocycles. The molecule has 4 aliphatic rings. The van der Waals surface area contributed by atoms with E-state index < -0.39 is 47.5 Å². The summed E-state index contributed by atoms with van der Waals surface area (Å²) in [6.07, 6.45) is 4.78. The van der Waals surface area contributed by atoms with Gasteiger partial charge in [0.1, 0.15) is 17.1 Å². The largest absolute Gasteiger partial charge is 0.467 e. The summed E-state index contributed by atoms with van der Waals surface area (Å²) in [5.41, 5.74) is -0.318. The van der Waals surface area contributed by atoms with Crippen LogP contribution in [0.3, 0.4) is 0 Å². The molecule has 0 aliphatic carbocycles. The first-order chi connectivity index (χ1) is 17.4. The fourth-order valence-corrected chi connectivity index (χ4v) is 6.43. The maximum atomic E-state index is 14.0. The van der Waals surface area contributed by atoms with E-state index in [1.165, 1.54) is 6.26 Å². The SMILES string of the molecule is CCOC(=O)c1cccc(NC(=O)[C@H]2[C@H]3C(=O)N4[C@H](c5ccco5)CC(=O)[C@@H](C)[C@@H]4[C@]34C=C[C@H]2O4)c1. The Morgan fingerprint density at radius 3 is 2.81 bits per heavy atom. The number of fused-ring (bicyclic) bond motifs is 2. The van der Waals surface area contributed by atoms with Crippen molar-refractivity contribution in [1.82, 2.24) is 4.90 Å². The molecule has 4 aliphatic heterocycles. The summed E-state index contributed by atoms with van der Waals surface area (Å²) in [5.74, 6) is -2.49. The van der Waals surface area contributed by atoms with Gasteiger partial charge in [-0.15, -0.1) is 0 Å². The molecule has 0 radical (unpaired) electrons. The number of hydrogen-bond donors (Lipinski definition) is 1. The Morgan fingerprint density at radius 2 is 2.06 bits per heavy atom. The molecule has 2 aromatic rings. The summed E-state index contributed by atoms with van der Waals surface area (Å²) in [7, 11) is 0. The Morgan fingerprint density at radius 1 is 1.22 bits per heavy atom. The molecule has 6 rings (SSSR count). The van der Waals surface area contributed by atoms with Crippen LogP contribution in [0.25, 0.3) is 0 Å². The second-order valence-corrected chi connectivity index (χ2v) is 9.77. The minimum atomic E-state index is -1.06. The van der Waals surface area contributed by atoms with Crippen molar-refractivity contribution in [3.8, 4) is 0 Å². The third kappa shape index (κ3) is 3.12. The van der Waals surface area contributed by atoms with Crippen molar-refractivity contribution in [2.24, 2.45) is 17.8 Å². The molecule has 9 heteroatoms. The zero-order valence-corrected chi connectivity index (χ0v) is 19.9. The van der Waals surface area contributed by atoms with Gasteiger partial charge in [0.15, 0.2) is 0 Å². The minimum absolute atomic E-state index is 0.0320. The van der Waals surface area contributed by atoms with Crippen molar-refractivity contribution in [2.45, 2.75) is 44.1 Å². The number of Topliss-reactive ketones (excluding diaryl/α,β-unsaturated/α-hetero) is 1. The molecular weight excluding hydrogens is 464 g/mol. The van der Waals surface area contributed by atoms with Gasteiger partial charge in [0, 0.05) is 18.0 Å². The van der Waals surface area contributed by atoms with Crippen LogP contribution in [0.4, 0.5) is 5.69 Å². The van der Waals surface area contributed by atoms with Crippen LogP contribution in [0.15, 0.2) is 59.2 Å². The highest BCUT2D eigenvalue weighted by Gasteiger charge is 2.74. The highest BCUT2D eigenvalue weighted by atomic mass is 16.5. The van der Waals surface area contributed by atoms with Crippen LogP contribution in [0.5, 0.6) is 0 Å². The van der Waals surface area contributed by atoms with Gasteiger partial charge >= 0.3 is 5.97 Å². The molecular formula is C27H26N2O7. The number of rotatable bonds is 5. The number of benzene rings is 1.